The Kier molecular flexibility index (Phi) is 6.79. The molecule has 0 radical (unpaired) electrons. The molecular weight excluding hydrogens is 325 g/mol. The number of ether oxygens (including phenoxy) is 1. The van der Waals surface area contributed by atoms with Gasteiger partial charge < -0.3 is 14.7 Å². The highest BCUT2D eigenvalue weighted by atomic mass is 35.5. The Labute approximate surface area is 138 Å². The Bertz CT molecular complexity index is 559. The molecule has 1 unspecified atom stereocenters. The number of benzene rings is 1. The zero-order valence-corrected chi connectivity index (χ0v) is 14.0. The number of likely N-dealkylation sites (N-methyl/N-ethyl adjacent to an activating group) is 1. The fourth-order valence-corrected chi connectivity index (χ4v) is 3.10. The summed E-state index contributed by atoms with van der Waals surface area (Å²) < 4.78 is 19.2. The molecular formula is C16H20ClFNO2S+. The van der Waals surface area contributed by atoms with Crippen molar-refractivity contribution in [1.82, 2.24) is 0 Å². The molecule has 0 bridgehead atoms. The van der Waals surface area contributed by atoms with Crippen LogP contribution in [0.25, 0.3) is 0 Å². The first-order valence-corrected chi connectivity index (χ1v) is 8.34. The molecule has 0 saturated heterocycles. The largest absolute Gasteiger partial charge is 0.385 e. The highest BCUT2D eigenvalue weighted by molar-refractivity contribution is 7.09. The van der Waals surface area contributed by atoms with Crippen LogP contribution in [0.5, 0.6) is 0 Å². The lowest BCUT2D eigenvalue weighted by Gasteiger charge is -2.18. The highest BCUT2D eigenvalue weighted by Gasteiger charge is 2.16. The van der Waals surface area contributed by atoms with E-state index >= 15 is 0 Å². The molecule has 0 amide bonds. The lowest BCUT2D eigenvalue weighted by atomic mass is 10.2. The van der Waals surface area contributed by atoms with Gasteiger partial charge in [0.05, 0.1) is 30.8 Å². The summed E-state index contributed by atoms with van der Waals surface area (Å²) in [5, 5.41) is 12.4. The lowest BCUT2D eigenvalue weighted by molar-refractivity contribution is -0.897. The van der Waals surface area contributed by atoms with Crippen molar-refractivity contribution < 1.29 is 19.1 Å². The zero-order chi connectivity index (χ0) is 15.9. The quantitative estimate of drug-likeness (QED) is 0.769. The van der Waals surface area contributed by atoms with E-state index in [1.807, 2.05) is 24.6 Å². The van der Waals surface area contributed by atoms with Crippen LogP contribution in [-0.4, -0.2) is 31.4 Å². The van der Waals surface area contributed by atoms with Crippen LogP contribution < -0.4 is 4.90 Å². The molecule has 22 heavy (non-hydrogen) atoms. The topological polar surface area (TPSA) is 33.9 Å². The molecule has 2 aromatic rings. The number of halogens is 2. The molecule has 0 fully saturated rings. The van der Waals surface area contributed by atoms with E-state index in [0.29, 0.717) is 30.3 Å². The van der Waals surface area contributed by atoms with Crippen LogP contribution in [0, 0.1) is 5.82 Å². The Morgan fingerprint density at radius 2 is 2.18 bits per heavy atom. The van der Waals surface area contributed by atoms with E-state index in [1.54, 1.807) is 23.5 Å². The molecule has 2 atom stereocenters. The number of aliphatic hydroxyl groups is 1. The lowest BCUT2D eigenvalue weighted by Crippen LogP contribution is -3.09. The van der Waals surface area contributed by atoms with Crippen LogP contribution in [0.2, 0.25) is 5.02 Å². The van der Waals surface area contributed by atoms with E-state index in [1.165, 1.54) is 6.07 Å². The van der Waals surface area contributed by atoms with Gasteiger partial charge in [-0.3, -0.25) is 0 Å². The van der Waals surface area contributed by atoms with Gasteiger partial charge in [0.1, 0.15) is 25.0 Å². The number of quaternary nitrogens is 1. The first-order chi connectivity index (χ1) is 10.6. The van der Waals surface area contributed by atoms with Gasteiger partial charge in [-0.25, -0.2) is 4.39 Å². The molecule has 120 valence electrons. The van der Waals surface area contributed by atoms with Crippen molar-refractivity contribution in [2.75, 3.05) is 20.2 Å². The molecule has 3 nitrogen and oxygen atoms in total. The maximum absolute atomic E-state index is 13.7. The van der Waals surface area contributed by atoms with Crippen molar-refractivity contribution in [2.24, 2.45) is 0 Å². The molecule has 2 N–H and O–H groups in total. The van der Waals surface area contributed by atoms with Crippen LogP contribution in [0.3, 0.4) is 0 Å². The molecule has 1 aromatic heterocycles. The standard InChI is InChI=1S/C16H19ClFNO2S/c1-19(9-14-15(17)5-2-6-16(14)18)8-12(20)10-21-11-13-4-3-7-22-13/h2-7,12,20H,8-11H2,1H3/p+1/t12-/m1/s1. The molecule has 0 aliphatic carbocycles. The van der Waals surface area contributed by atoms with Crippen molar-refractivity contribution >= 4 is 22.9 Å². The summed E-state index contributed by atoms with van der Waals surface area (Å²) in [5.74, 6) is -0.310. The number of nitrogens with one attached hydrogen (secondary N) is 1. The third-order valence-electron chi connectivity index (χ3n) is 3.26. The first kappa shape index (κ1) is 17.4. The normalized spacial score (nSPS) is 14.0. The second-order valence-electron chi connectivity index (χ2n) is 5.29. The highest BCUT2D eigenvalue weighted by Crippen LogP contribution is 2.17. The van der Waals surface area contributed by atoms with E-state index in [0.717, 1.165) is 9.78 Å². The molecule has 1 heterocycles. The van der Waals surface area contributed by atoms with Gasteiger partial charge in [-0.1, -0.05) is 23.7 Å². The van der Waals surface area contributed by atoms with Gasteiger partial charge >= 0.3 is 0 Å². The second-order valence-corrected chi connectivity index (χ2v) is 6.73. The molecule has 6 heteroatoms. The van der Waals surface area contributed by atoms with Crippen molar-refractivity contribution in [3.8, 4) is 0 Å². The van der Waals surface area contributed by atoms with Gasteiger partial charge in [0.25, 0.3) is 0 Å². The maximum Gasteiger partial charge on any atom is 0.133 e. The minimum Gasteiger partial charge on any atom is -0.385 e. The Balaban J connectivity index is 1.75. The van der Waals surface area contributed by atoms with Crippen LogP contribution in [0.1, 0.15) is 10.4 Å². The third kappa shape index (κ3) is 5.34. The number of thiophene rings is 1. The van der Waals surface area contributed by atoms with E-state index in [2.05, 4.69) is 0 Å². The van der Waals surface area contributed by atoms with E-state index < -0.39 is 6.10 Å². The van der Waals surface area contributed by atoms with E-state index in [-0.39, 0.29) is 12.4 Å². The van der Waals surface area contributed by atoms with Crippen LogP contribution in [-0.2, 0) is 17.9 Å². The smallest absolute Gasteiger partial charge is 0.133 e. The monoisotopic (exact) mass is 344 g/mol. The van der Waals surface area contributed by atoms with Crippen molar-refractivity contribution in [1.29, 1.82) is 0 Å². The van der Waals surface area contributed by atoms with E-state index in [4.69, 9.17) is 16.3 Å². The van der Waals surface area contributed by atoms with Crippen molar-refractivity contribution in [3.05, 3.63) is 57.0 Å². The summed E-state index contributed by atoms with van der Waals surface area (Å²) in [6.07, 6.45) is -0.592. The van der Waals surface area contributed by atoms with Crippen molar-refractivity contribution in [2.45, 2.75) is 19.3 Å². The Hall–Kier alpha value is -0.980. The number of hydrogen-bond acceptors (Lipinski definition) is 3. The van der Waals surface area contributed by atoms with E-state index in [9.17, 15) is 9.50 Å². The second kappa shape index (κ2) is 8.60. The molecule has 0 saturated carbocycles. The van der Waals surface area contributed by atoms with Crippen molar-refractivity contribution in [3.63, 3.8) is 0 Å². The zero-order valence-electron chi connectivity index (χ0n) is 12.4. The first-order valence-electron chi connectivity index (χ1n) is 7.08. The Morgan fingerprint density at radius 1 is 1.36 bits per heavy atom. The minimum absolute atomic E-state index is 0.264. The predicted molar refractivity (Wildman–Crippen MR) is 86.8 cm³/mol. The van der Waals surface area contributed by atoms with Crippen LogP contribution in [0.4, 0.5) is 4.39 Å². The maximum atomic E-state index is 13.7. The minimum atomic E-state index is -0.592. The number of hydrogen-bond donors (Lipinski definition) is 2. The average Bonchev–Trinajstić information content (AvgIpc) is 2.96. The fraction of sp³-hybridized carbons (Fsp3) is 0.375. The van der Waals surface area contributed by atoms with Gasteiger partial charge in [0.15, 0.2) is 0 Å². The summed E-state index contributed by atoms with van der Waals surface area (Å²) in [5.41, 5.74) is 0.480. The summed E-state index contributed by atoms with van der Waals surface area (Å²) in [6, 6.07) is 8.62. The molecule has 0 spiro atoms. The fourth-order valence-electron chi connectivity index (χ4n) is 2.23. The molecule has 0 aliphatic heterocycles. The van der Waals surface area contributed by atoms with Gasteiger partial charge in [-0.2, -0.15) is 0 Å². The van der Waals surface area contributed by atoms with Crippen LogP contribution >= 0.6 is 22.9 Å². The Morgan fingerprint density at radius 3 is 2.86 bits per heavy atom. The summed E-state index contributed by atoms with van der Waals surface area (Å²) in [6.45, 7) is 1.66. The predicted octanol–water partition coefficient (Wildman–Crippen LogP) is 2.13. The average molecular weight is 345 g/mol. The van der Waals surface area contributed by atoms with Gasteiger partial charge in [0, 0.05) is 4.88 Å². The number of rotatable bonds is 8. The van der Waals surface area contributed by atoms with Gasteiger partial charge in [-0.15, -0.1) is 11.3 Å². The summed E-state index contributed by atoms with van der Waals surface area (Å²) >= 11 is 7.64. The third-order valence-corrected chi connectivity index (χ3v) is 4.46. The van der Waals surface area contributed by atoms with Crippen LogP contribution in [0.15, 0.2) is 35.7 Å². The summed E-state index contributed by atoms with van der Waals surface area (Å²) in [4.78, 5) is 2.10. The summed E-state index contributed by atoms with van der Waals surface area (Å²) in [7, 11) is 1.89. The molecule has 2 rings (SSSR count). The molecule has 1 aromatic carbocycles. The number of aliphatic hydroxyl groups excluding tert-OH is 1. The van der Waals surface area contributed by atoms with Gasteiger partial charge in [-0.05, 0) is 23.6 Å². The van der Waals surface area contributed by atoms with Gasteiger partial charge in [0.2, 0.25) is 0 Å². The SMILES string of the molecule is C[NH+](Cc1c(F)cccc1Cl)C[C@@H](O)COCc1cccs1. The molecule has 0 aliphatic rings.